The van der Waals surface area contributed by atoms with Crippen molar-refractivity contribution < 1.29 is 14.2 Å². The first-order valence-corrected chi connectivity index (χ1v) is 6.11. The summed E-state index contributed by atoms with van der Waals surface area (Å²) in [5.74, 6) is 0.399. The molecule has 8 nitrogen and oxygen atoms in total. The van der Waals surface area contributed by atoms with Crippen LogP contribution in [0.5, 0.6) is 12.0 Å². The number of nitrogens with two attached hydrogens (primary N) is 1. The molecule has 0 unspecified atom stereocenters. The van der Waals surface area contributed by atoms with Crippen LogP contribution in [0.15, 0.2) is 0 Å². The van der Waals surface area contributed by atoms with Gasteiger partial charge in [-0.3, -0.25) is 0 Å². The second-order valence-electron chi connectivity index (χ2n) is 4.35. The second kappa shape index (κ2) is 5.98. The molecule has 8 heteroatoms. The van der Waals surface area contributed by atoms with E-state index in [0.29, 0.717) is 25.7 Å². The van der Waals surface area contributed by atoms with Gasteiger partial charge in [0.05, 0.1) is 19.8 Å². The van der Waals surface area contributed by atoms with Crippen LogP contribution in [0.25, 0.3) is 0 Å². The van der Waals surface area contributed by atoms with Gasteiger partial charge in [-0.2, -0.15) is 9.97 Å². The Bertz CT molecular complexity index is 401. The van der Waals surface area contributed by atoms with E-state index >= 15 is 0 Å². The van der Waals surface area contributed by atoms with Crippen LogP contribution in [0.2, 0.25) is 0 Å². The van der Waals surface area contributed by atoms with Gasteiger partial charge in [0.25, 0.3) is 0 Å². The molecule has 0 atom stereocenters. The van der Waals surface area contributed by atoms with Crippen LogP contribution in [0.4, 0.5) is 5.95 Å². The number of methoxy groups -OCH3 is 2. The zero-order chi connectivity index (χ0) is 13.7. The number of rotatable bonds is 5. The Morgan fingerprint density at radius 3 is 2.21 bits per heavy atom. The average Bonchev–Trinajstić information content (AvgIpc) is 2.47. The van der Waals surface area contributed by atoms with Crippen molar-refractivity contribution >= 4 is 5.95 Å². The van der Waals surface area contributed by atoms with E-state index < -0.39 is 0 Å². The molecule has 0 bridgehead atoms. The van der Waals surface area contributed by atoms with Crippen LogP contribution in [-0.2, 0) is 4.74 Å². The Balaban J connectivity index is 2.20. The molecule has 106 valence electrons. The molecular formula is C11H19N5O3. The van der Waals surface area contributed by atoms with E-state index in [0.717, 1.165) is 12.8 Å². The van der Waals surface area contributed by atoms with E-state index in [2.05, 4.69) is 20.3 Å². The molecule has 2 heterocycles. The normalized spacial score (nSPS) is 17.8. The quantitative estimate of drug-likeness (QED) is 0.757. The highest BCUT2D eigenvalue weighted by Gasteiger charge is 2.32. The smallest absolute Gasteiger partial charge is 0.324 e. The summed E-state index contributed by atoms with van der Waals surface area (Å²) in [5, 5.41) is 3.27. The van der Waals surface area contributed by atoms with Gasteiger partial charge in [0.15, 0.2) is 0 Å². The highest BCUT2D eigenvalue weighted by atomic mass is 16.5. The maximum atomic E-state index is 5.88. The standard InChI is InChI=1S/C11H19N5O3/c1-17-9-13-8(14-10(15-9)18-2)16-11(7-12)3-5-19-6-4-11/h3-7,12H2,1-2H3,(H,13,14,15,16). The zero-order valence-corrected chi connectivity index (χ0v) is 11.2. The number of hydrogen-bond acceptors (Lipinski definition) is 8. The largest absolute Gasteiger partial charge is 0.467 e. The van der Waals surface area contributed by atoms with E-state index in [1.165, 1.54) is 14.2 Å². The Hall–Kier alpha value is -1.67. The minimum absolute atomic E-state index is 0.202. The lowest BCUT2D eigenvalue weighted by Crippen LogP contribution is -2.50. The fourth-order valence-corrected chi connectivity index (χ4v) is 1.96. The first kappa shape index (κ1) is 13.8. The van der Waals surface area contributed by atoms with E-state index in [1.807, 2.05) is 0 Å². The van der Waals surface area contributed by atoms with Gasteiger partial charge in [-0.05, 0) is 12.8 Å². The molecular weight excluding hydrogens is 250 g/mol. The fraction of sp³-hybridized carbons (Fsp3) is 0.727. The van der Waals surface area contributed by atoms with Gasteiger partial charge in [-0.25, -0.2) is 0 Å². The van der Waals surface area contributed by atoms with Gasteiger partial charge in [0.1, 0.15) is 0 Å². The van der Waals surface area contributed by atoms with Crippen molar-refractivity contribution in [1.82, 2.24) is 15.0 Å². The molecule has 1 aliphatic rings. The SMILES string of the molecule is COc1nc(NC2(CN)CCOCC2)nc(OC)n1. The molecule has 0 aliphatic carbocycles. The van der Waals surface area contributed by atoms with Crippen molar-refractivity contribution in [1.29, 1.82) is 0 Å². The van der Waals surface area contributed by atoms with Gasteiger partial charge in [0.2, 0.25) is 5.95 Å². The first-order chi connectivity index (χ1) is 9.21. The summed E-state index contributed by atoms with van der Waals surface area (Å²) in [4.78, 5) is 12.3. The van der Waals surface area contributed by atoms with Gasteiger partial charge in [-0.1, -0.05) is 0 Å². The molecule has 19 heavy (non-hydrogen) atoms. The topological polar surface area (TPSA) is 104 Å². The molecule has 0 amide bonds. The van der Waals surface area contributed by atoms with Gasteiger partial charge < -0.3 is 25.3 Å². The van der Waals surface area contributed by atoms with E-state index in [4.69, 9.17) is 19.9 Å². The minimum atomic E-state index is -0.254. The lowest BCUT2D eigenvalue weighted by molar-refractivity contribution is 0.0625. The molecule has 1 saturated heterocycles. The highest BCUT2D eigenvalue weighted by molar-refractivity contribution is 5.32. The van der Waals surface area contributed by atoms with Crippen LogP contribution in [0.1, 0.15) is 12.8 Å². The first-order valence-electron chi connectivity index (χ1n) is 6.11. The number of hydrogen-bond donors (Lipinski definition) is 2. The highest BCUT2D eigenvalue weighted by Crippen LogP contribution is 2.24. The fourth-order valence-electron chi connectivity index (χ4n) is 1.96. The number of nitrogens with one attached hydrogen (secondary N) is 1. The second-order valence-corrected chi connectivity index (χ2v) is 4.35. The summed E-state index contributed by atoms with van der Waals surface area (Å²) in [6.45, 7) is 1.82. The summed E-state index contributed by atoms with van der Waals surface area (Å²) in [6.07, 6.45) is 1.61. The van der Waals surface area contributed by atoms with Gasteiger partial charge in [-0.15, -0.1) is 4.98 Å². The summed E-state index contributed by atoms with van der Waals surface area (Å²) in [7, 11) is 2.98. The lowest BCUT2D eigenvalue weighted by atomic mass is 9.90. The third-order valence-corrected chi connectivity index (χ3v) is 3.18. The predicted molar refractivity (Wildman–Crippen MR) is 68.4 cm³/mol. The average molecular weight is 269 g/mol. The number of aromatic nitrogens is 3. The van der Waals surface area contributed by atoms with Crippen LogP contribution >= 0.6 is 0 Å². The van der Waals surface area contributed by atoms with E-state index in [9.17, 15) is 0 Å². The number of nitrogens with zero attached hydrogens (tertiary/aromatic N) is 3. The molecule has 0 radical (unpaired) electrons. The van der Waals surface area contributed by atoms with E-state index in [-0.39, 0.29) is 17.6 Å². The van der Waals surface area contributed by atoms with Crippen molar-refractivity contribution in [3.05, 3.63) is 0 Å². The Morgan fingerprint density at radius 2 is 1.74 bits per heavy atom. The molecule has 1 aromatic heterocycles. The molecule has 2 rings (SSSR count). The predicted octanol–water partition coefficient (Wildman–Crippen LogP) is -0.191. The van der Waals surface area contributed by atoms with Crippen molar-refractivity contribution in [3.63, 3.8) is 0 Å². The maximum absolute atomic E-state index is 5.88. The number of ether oxygens (including phenoxy) is 3. The molecule has 0 saturated carbocycles. The molecule has 1 fully saturated rings. The van der Waals surface area contributed by atoms with Crippen molar-refractivity contribution in [2.45, 2.75) is 18.4 Å². The van der Waals surface area contributed by atoms with Crippen molar-refractivity contribution in [2.75, 3.05) is 39.3 Å². The minimum Gasteiger partial charge on any atom is -0.467 e. The third-order valence-electron chi connectivity index (χ3n) is 3.18. The summed E-state index contributed by atoms with van der Waals surface area (Å²) in [5.41, 5.74) is 5.62. The van der Waals surface area contributed by atoms with Gasteiger partial charge in [0, 0.05) is 19.8 Å². The molecule has 0 spiro atoms. The Morgan fingerprint density at radius 1 is 1.16 bits per heavy atom. The Kier molecular flexibility index (Phi) is 4.33. The zero-order valence-electron chi connectivity index (χ0n) is 11.2. The summed E-state index contributed by atoms with van der Waals surface area (Å²) < 4.78 is 15.4. The third kappa shape index (κ3) is 3.21. The van der Waals surface area contributed by atoms with Crippen LogP contribution in [0, 0.1) is 0 Å². The summed E-state index contributed by atoms with van der Waals surface area (Å²) >= 11 is 0. The van der Waals surface area contributed by atoms with Crippen LogP contribution in [0.3, 0.4) is 0 Å². The van der Waals surface area contributed by atoms with Gasteiger partial charge >= 0.3 is 12.0 Å². The summed E-state index contributed by atoms with van der Waals surface area (Å²) in [6, 6.07) is 0.405. The molecule has 1 aromatic rings. The maximum Gasteiger partial charge on any atom is 0.324 e. The van der Waals surface area contributed by atoms with Crippen molar-refractivity contribution in [3.8, 4) is 12.0 Å². The lowest BCUT2D eigenvalue weighted by Gasteiger charge is -2.36. The number of anilines is 1. The van der Waals surface area contributed by atoms with Crippen LogP contribution in [-0.4, -0.2) is 54.5 Å². The molecule has 3 N–H and O–H groups in total. The van der Waals surface area contributed by atoms with Crippen LogP contribution < -0.4 is 20.5 Å². The van der Waals surface area contributed by atoms with Crippen molar-refractivity contribution in [2.24, 2.45) is 5.73 Å². The monoisotopic (exact) mass is 269 g/mol. The van der Waals surface area contributed by atoms with E-state index in [1.54, 1.807) is 0 Å². The molecule has 0 aromatic carbocycles. The molecule has 1 aliphatic heterocycles. The Labute approximate surface area is 111 Å².